The van der Waals surface area contributed by atoms with Gasteiger partial charge < -0.3 is 20.3 Å². The third-order valence-corrected chi connectivity index (χ3v) is 4.28. The molecule has 0 amide bonds. The van der Waals surface area contributed by atoms with Crippen LogP contribution in [0.4, 0.5) is 0 Å². The number of hydrogen-bond acceptors (Lipinski definition) is 3. The van der Waals surface area contributed by atoms with Crippen LogP contribution >= 0.6 is 24.0 Å². The number of ether oxygens (including phenoxy) is 1. The SMILES string of the molecule is CN=C(NCCN1CCCC(C)C1)NCc1cccc(OC)c1.I. The third kappa shape index (κ3) is 7.25. The van der Waals surface area contributed by atoms with E-state index in [-0.39, 0.29) is 24.0 Å². The Kier molecular flexibility index (Phi) is 10.1. The lowest BCUT2D eigenvalue weighted by Crippen LogP contribution is -2.43. The van der Waals surface area contributed by atoms with Gasteiger partial charge in [-0.25, -0.2) is 0 Å². The molecule has 24 heavy (non-hydrogen) atoms. The molecule has 0 radical (unpaired) electrons. The molecule has 0 saturated carbocycles. The minimum Gasteiger partial charge on any atom is -0.497 e. The zero-order valence-electron chi connectivity index (χ0n) is 15.0. The van der Waals surface area contributed by atoms with Gasteiger partial charge in [0.15, 0.2) is 5.96 Å². The van der Waals surface area contributed by atoms with Crippen molar-refractivity contribution in [3.8, 4) is 5.75 Å². The van der Waals surface area contributed by atoms with E-state index in [1.54, 1.807) is 7.11 Å². The lowest BCUT2D eigenvalue weighted by Gasteiger charge is -2.30. The summed E-state index contributed by atoms with van der Waals surface area (Å²) in [4.78, 5) is 6.83. The number of nitrogens with one attached hydrogen (secondary N) is 2. The van der Waals surface area contributed by atoms with Gasteiger partial charge in [-0.05, 0) is 43.0 Å². The first-order valence-corrected chi connectivity index (χ1v) is 8.51. The summed E-state index contributed by atoms with van der Waals surface area (Å²) in [5.41, 5.74) is 1.18. The average molecular weight is 446 g/mol. The summed E-state index contributed by atoms with van der Waals surface area (Å²) >= 11 is 0. The van der Waals surface area contributed by atoms with Gasteiger partial charge in [-0.15, -0.1) is 24.0 Å². The van der Waals surface area contributed by atoms with Crippen LogP contribution in [0.25, 0.3) is 0 Å². The van der Waals surface area contributed by atoms with Gasteiger partial charge in [0.05, 0.1) is 7.11 Å². The maximum absolute atomic E-state index is 5.25. The Morgan fingerprint density at radius 3 is 2.92 bits per heavy atom. The molecule has 6 heteroatoms. The first kappa shape index (κ1) is 21.0. The summed E-state index contributed by atoms with van der Waals surface area (Å²) in [5.74, 6) is 2.55. The number of rotatable bonds is 6. The van der Waals surface area contributed by atoms with Crippen molar-refractivity contribution in [1.29, 1.82) is 0 Å². The van der Waals surface area contributed by atoms with Gasteiger partial charge in [-0.2, -0.15) is 0 Å². The third-order valence-electron chi connectivity index (χ3n) is 4.28. The summed E-state index contributed by atoms with van der Waals surface area (Å²) in [6, 6.07) is 8.08. The molecule has 2 N–H and O–H groups in total. The van der Waals surface area contributed by atoms with E-state index in [0.29, 0.717) is 0 Å². The first-order valence-electron chi connectivity index (χ1n) is 8.51. The molecule has 1 aliphatic rings. The second-order valence-corrected chi connectivity index (χ2v) is 6.25. The minimum atomic E-state index is 0. The number of methoxy groups -OCH3 is 1. The van der Waals surface area contributed by atoms with E-state index < -0.39 is 0 Å². The molecule has 0 spiro atoms. The highest BCUT2D eigenvalue weighted by Crippen LogP contribution is 2.14. The van der Waals surface area contributed by atoms with E-state index in [2.05, 4.69) is 33.5 Å². The molecule has 1 heterocycles. The molecular weight excluding hydrogens is 415 g/mol. The van der Waals surface area contributed by atoms with Crippen molar-refractivity contribution < 1.29 is 4.74 Å². The van der Waals surface area contributed by atoms with Gasteiger partial charge in [-0.1, -0.05) is 19.1 Å². The van der Waals surface area contributed by atoms with Crippen molar-refractivity contribution in [2.75, 3.05) is 40.3 Å². The van der Waals surface area contributed by atoms with Crippen LogP contribution in [0.15, 0.2) is 29.3 Å². The van der Waals surface area contributed by atoms with E-state index >= 15 is 0 Å². The fourth-order valence-electron chi connectivity index (χ4n) is 3.01. The highest BCUT2D eigenvalue weighted by molar-refractivity contribution is 14.0. The zero-order valence-corrected chi connectivity index (χ0v) is 17.4. The van der Waals surface area contributed by atoms with Gasteiger partial charge in [0.25, 0.3) is 0 Å². The molecule has 0 bridgehead atoms. The lowest BCUT2D eigenvalue weighted by atomic mass is 10.0. The summed E-state index contributed by atoms with van der Waals surface area (Å²) in [6.45, 7) is 7.51. The van der Waals surface area contributed by atoms with Crippen molar-refractivity contribution in [3.63, 3.8) is 0 Å². The Balaban J connectivity index is 0.00000288. The predicted molar refractivity (Wildman–Crippen MR) is 111 cm³/mol. The van der Waals surface area contributed by atoms with E-state index in [1.165, 1.54) is 31.5 Å². The van der Waals surface area contributed by atoms with Crippen molar-refractivity contribution >= 4 is 29.9 Å². The number of guanidine groups is 1. The Bertz CT molecular complexity index is 510. The predicted octanol–water partition coefficient (Wildman–Crippen LogP) is 2.71. The highest BCUT2D eigenvalue weighted by Gasteiger charge is 2.15. The molecule has 1 saturated heterocycles. The fourth-order valence-corrected chi connectivity index (χ4v) is 3.01. The second kappa shape index (κ2) is 11.5. The largest absolute Gasteiger partial charge is 0.497 e. The molecular formula is C18H31IN4O. The van der Waals surface area contributed by atoms with Crippen molar-refractivity contribution in [2.45, 2.75) is 26.3 Å². The minimum absolute atomic E-state index is 0. The van der Waals surface area contributed by atoms with Crippen molar-refractivity contribution in [2.24, 2.45) is 10.9 Å². The van der Waals surface area contributed by atoms with E-state index in [4.69, 9.17) is 4.74 Å². The van der Waals surface area contributed by atoms with E-state index in [1.807, 2.05) is 25.2 Å². The number of hydrogen-bond donors (Lipinski definition) is 2. The highest BCUT2D eigenvalue weighted by atomic mass is 127. The van der Waals surface area contributed by atoms with Gasteiger partial charge in [-0.3, -0.25) is 4.99 Å². The normalized spacial score (nSPS) is 18.6. The van der Waals surface area contributed by atoms with Crippen LogP contribution in [0.2, 0.25) is 0 Å². The van der Waals surface area contributed by atoms with Crippen LogP contribution in [-0.2, 0) is 6.54 Å². The quantitative estimate of drug-likeness (QED) is 0.401. The number of likely N-dealkylation sites (tertiary alicyclic amines) is 1. The molecule has 1 aromatic carbocycles. The molecule has 1 fully saturated rings. The number of benzene rings is 1. The Morgan fingerprint density at radius 2 is 2.21 bits per heavy atom. The average Bonchev–Trinajstić information content (AvgIpc) is 2.58. The molecule has 1 aliphatic heterocycles. The number of nitrogens with zero attached hydrogens (tertiary/aromatic N) is 2. The number of aliphatic imine (C=N–C) groups is 1. The van der Waals surface area contributed by atoms with E-state index in [9.17, 15) is 0 Å². The summed E-state index contributed by atoms with van der Waals surface area (Å²) < 4.78 is 5.25. The first-order chi connectivity index (χ1) is 11.2. The molecule has 5 nitrogen and oxygen atoms in total. The van der Waals surface area contributed by atoms with Crippen LogP contribution in [0.3, 0.4) is 0 Å². The summed E-state index contributed by atoms with van der Waals surface area (Å²) in [5, 5.41) is 6.74. The standard InChI is InChI=1S/C18H30N4O.HI/c1-15-6-5-10-22(14-15)11-9-20-18(19-2)21-13-16-7-4-8-17(12-16)23-3;/h4,7-8,12,15H,5-6,9-11,13-14H2,1-3H3,(H2,19,20,21);1H. The fraction of sp³-hybridized carbons (Fsp3) is 0.611. The van der Waals surface area contributed by atoms with Gasteiger partial charge in [0, 0.05) is 33.2 Å². The molecule has 0 aliphatic carbocycles. The topological polar surface area (TPSA) is 48.9 Å². The number of piperidine rings is 1. The van der Waals surface area contributed by atoms with Crippen molar-refractivity contribution in [3.05, 3.63) is 29.8 Å². The van der Waals surface area contributed by atoms with Crippen LogP contribution < -0.4 is 15.4 Å². The maximum atomic E-state index is 5.25. The summed E-state index contributed by atoms with van der Waals surface area (Å²) in [6.07, 6.45) is 2.69. The molecule has 1 unspecified atom stereocenters. The van der Waals surface area contributed by atoms with Crippen LogP contribution in [0.5, 0.6) is 5.75 Å². The molecule has 1 aromatic rings. The van der Waals surface area contributed by atoms with Gasteiger partial charge >= 0.3 is 0 Å². The Morgan fingerprint density at radius 1 is 1.38 bits per heavy atom. The Labute approximate surface area is 163 Å². The molecule has 136 valence electrons. The van der Waals surface area contributed by atoms with Crippen molar-refractivity contribution in [1.82, 2.24) is 15.5 Å². The second-order valence-electron chi connectivity index (χ2n) is 6.25. The number of halogens is 1. The molecule has 1 atom stereocenters. The van der Waals surface area contributed by atoms with Crippen LogP contribution in [0.1, 0.15) is 25.3 Å². The van der Waals surface area contributed by atoms with Gasteiger partial charge in [0.1, 0.15) is 5.75 Å². The lowest BCUT2D eigenvalue weighted by molar-refractivity contribution is 0.187. The monoisotopic (exact) mass is 446 g/mol. The Hall–Kier alpha value is -1.02. The van der Waals surface area contributed by atoms with E-state index in [0.717, 1.165) is 37.3 Å². The molecule has 2 rings (SSSR count). The molecule has 0 aromatic heterocycles. The smallest absolute Gasteiger partial charge is 0.191 e. The van der Waals surface area contributed by atoms with Crippen LogP contribution in [0, 0.1) is 5.92 Å². The van der Waals surface area contributed by atoms with Gasteiger partial charge in [0.2, 0.25) is 0 Å². The maximum Gasteiger partial charge on any atom is 0.191 e. The zero-order chi connectivity index (χ0) is 16.5. The van der Waals surface area contributed by atoms with Crippen LogP contribution in [-0.4, -0.2) is 51.2 Å². The summed E-state index contributed by atoms with van der Waals surface area (Å²) in [7, 11) is 3.50.